The van der Waals surface area contributed by atoms with Crippen LogP contribution in [0.15, 0.2) is 23.3 Å². The van der Waals surface area contributed by atoms with Crippen LogP contribution >= 0.6 is 0 Å². The Labute approximate surface area is 170 Å². The molecule has 1 aliphatic rings. The highest BCUT2D eigenvalue weighted by molar-refractivity contribution is 5.79. The van der Waals surface area contributed by atoms with Gasteiger partial charge < -0.3 is 25.2 Å². The molecule has 2 rings (SSSR count). The Morgan fingerprint density at radius 1 is 1.14 bits per heavy atom. The number of ether oxygens (including phenoxy) is 1. The number of aliphatic imine (C=N–C) groups is 1. The highest BCUT2D eigenvalue weighted by Gasteiger charge is 2.16. The van der Waals surface area contributed by atoms with Crippen LogP contribution in [-0.4, -0.2) is 75.4 Å². The van der Waals surface area contributed by atoms with Gasteiger partial charge in [-0.25, -0.2) is 4.98 Å². The zero-order valence-electron chi connectivity index (χ0n) is 17.9. The van der Waals surface area contributed by atoms with Crippen molar-refractivity contribution < 1.29 is 4.74 Å². The Morgan fingerprint density at radius 3 is 2.64 bits per heavy atom. The zero-order valence-corrected chi connectivity index (χ0v) is 17.9. The average Bonchev–Trinajstić information content (AvgIpc) is 2.75. The van der Waals surface area contributed by atoms with E-state index in [1.54, 1.807) is 7.05 Å². The molecule has 0 atom stereocenters. The lowest BCUT2D eigenvalue weighted by atomic mass is 10.2. The number of unbranched alkanes of at least 4 members (excludes halogenated alkanes) is 1. The molecule has 0 saturated carbocycles. The van der Waals surface area contributed by atoms with Crippen molar-refractivity contribution in [2.24, 2.45) is 4.99 Å². The Bertz CT molecular complexity index is 572. The van der Waals surface area contributed by atoms with Gasteiger partial charge in [0, 0.05) is 65.7 Å². The summed E-state index contributed by atoms with van der Waals surface area (Å²) >= 11 is 0. The lowest BCUT2D eigenvalue weighted by molar-refractivity contribution is 0.129. The standard InChI is InChI=1S/C21H38N6O/c1-4-6-15-28-16-7-9-24-21(22-3)25-18-19-8-10-23-20(17-19)27-13-11-26(5-2)12-14-27/h8,10,17H,4-7,9,11-16,18H2,1-3H3,(H2,22,24,25). The number of nitrogens with one attached hydrogen (secondary N) is 2. The van der Waals surface area contributed by atoms with Gasteiger partial charge in [-0.15, -0.1) is 0 Å². The first-order chi connectivity index (χ1) is 13.8. The van der Waals surface area contributed by atoms with E-state index in [4.69, 9.17) is 4.74 Å². The average molecular weight is 391 g/mol. The molecule has 0 aromatic carbocycles. The van der Waals surface area contributed by atoms with Gasteiger partial charge in [-0.3, -0.25) is 4.99 Å². The number of rotatable bonds is 11. The minimum absolute atomic E-state index is 0.733. The van der Waals surface area contributed by atoms with Gasteiger partial charge in [-0.2, -0.15) is 0 Å². The Morgan fingerprint density at radius 2 is 1.93 bits per heavy atom. The van der Waals surface area contributed by atoms with Crippen LogP contribution in [0.3, 0.4) is 0 Å². The smallest absolute Gasteiger partial charge is 0.191 e. The second-order valence-electron chi connectivity index (χ2n) is 7.12. The van der Waals surface area contributed by atoms with Crippen molar-refractivity contribution in [2.75, 3.05) is 64.4 Å². The van der Waals surface area contributed by atoms with Crippen LogP contribution < -0.4 is 15.5 Å². The van der Waals surface area contributed by atoms with Crippen molar-refractivity contribution in [3.63, 3.8) is 0 Å². The molecule has 0 bridgehead atoms. The molecule has 2 N–H and O–H groups in total. The van der Waals surface area contributed by atoms with E-state index < -0.39 is 0 Å². The summed E-state index contributed by atoms with van der Waals surface area (Å²) in [5, 5.41) is 6.73. The zero-order chi connectivity index (χ0) is 20.0. The van der Waals surface area contributed by atoms with E-state index in [9.17, 15) is 0 Å². The highest BCUT2D eigenvalue weighted by Crippen LogP contribution is 2.15. The molecular weight excluding hydrogens is 352 g/mol. The SMILES string of the molecule is CCCCOCCCNC(=NC)NCc1ccnc(N2CCN(CC)CC2)c1. The fourth-order valence-corrected chi connectivity index (χ4v) is 3.17. The summed E-state index contributed by atoms with van der Waals surface area (Å²) in [5.74, 6) is 1.89. The van der Waals surface area contributed by atoms with Gasteiger partial charge >= 0.3 is 0 Å². The molecule has 1 aliphatic heterocycles. The number of hydrogen-bond donors (Lipinski definition) is 2. The molecule has 0 aliphatic carbocycles. The molecule has 1 aromatic heterocycles. The molecule has 1 saturated heterocycles. The first-order valence-electron chi connectivity index (χ1n) is 10.7. The number of pyridine rings is 1. The maximum atomic E-state index is 5.59. The largest absolute Gasteiger partial charge is 0.381 e. The second-order valence-corrected chi connectivity index (χ2v) is 7.12. The van der Waals surface area contributed by atoms with Crippen molar-refractivity contribution in [1.82, 2.24) is 20.5 Å². The van der Waals surface area contributed by atoms with Gasteiger partial charge in [-0.1, -0.05) is 20.3 Å². The van der Waals surface area contributed by atoms with Crippen LogP contribution in [0.1, 0.15) is 38.7 Å². The summed E-state index contributed by atoms with van der Waals surface area (Å²) < 4.78 is 5.59. The van der Waals surface area contributed by atoms with E-state index in [1.807, 2.05) is 6.20 Å². The fourth-order valence-electron chi connectivity index (χ4n) is 3.17. The number of guanidine groups is 1. The van der Waals surface area contributed by atoms with Gasteiger partial charge in [0.25, 0.3) is 0 Å². The maximum Gasteiger partial charge on any atom is 0.191 e. The normalized spacial score (nSPS) is 15.7. The molecule has 1 aromatic rings. The molecule has 1 fully saturated rings. The van der Waals surface area contributed by atoms with Crippen LogP contribution in [0.25, 0.3) is 0 Å². The van der Waals surface area contributed by atoms with Crippen molar-refractivity contribution >= 4 is 11.8 Å². The predicted molar refractivity (Wildman–Crippen MR) is 117 cm³/mol. The summed E-state index contributed by atoms with van der Waals surface area (Å²) in [6.07, 6.45) is 5.20. The molecule has 7 nitrogen and oxygen atoms in total. The topological polar surface area (TPSA) is 65.0 Å². The van der Waals surface area contributed by atoms with Crippen LogP contribution in [0.5, 0.6) is 0 Å². The van der Waals surface area contributed by atoms with Gasteiger partial charge in [-0.05, 0) is 37.1 Å². The predicted octanol–water partition coefficient (Wildman–Crippen LogP) is 2.10. The van der Waals surface area contributed by atoms with E-state index in [-0.39, 0.29) is 0 Å². The third-order valence-electron chi connectivity index (χ3n) is 5.04. The summed E-state index contributed by atoms with van der Waals surface area (Å²) in [4.78, 5) is 13.7. The monoisotopic (exact) mass is 390 g/mol. The molecule has 7 heteroatoms. The van der Waals surface area contributed by atoms with E-state index >= 15 is 0 Å². The van der Waals surface area contributed by atoms with Gasteiger partial charge in [0.2, 0.25) is 0 Å². The number of aromatic nitrogens is 1. The summed E-state index contributed by atoms with van der Waals surface area (Å²) in [6.45, 7) is 13.1. The number of anilines is 1. The van der Waals surface area contributed by atoms with Crippen LogP contribution in [0, 0.1) is 0 Å². The van der Waals surface area contributed by atoms with Crippen LogP contribution in [0.4, 0.5) is 5.82 Å². The summed E-state index contributed by atoms with van der Waals surface area (Å²) in [5.41, 5.74) is 1.22. The molecule has 0 radical (unpaired) electrons. The first-order valence-corrected chi connectivity index (χ1v) is 10.7. The molecule has 0 unspecified atom stereocenters. The Balaban J connectivity index is 1.71. The summed E-state index contributed by atoms with van der Waals surface area (Å²) in [6, 6.07) is 4.25. The molecule has 158 valence electrons. The Kier molecular flexibility index (Phi) is 10.7. The third kappa shape index (κ3) is 8.02. The molecule has 2 heterocycles. The minimum Gasteiger partial charge on any atom is -0.381 e. The second kappa shape index (κ2) is 13.3. The number of likely N-dealkylation sites (N-methyl/N-ethyl adjacent to an activating group) is 1. The van der Waals surface area contributed by atoms with E-state index in [2.05, 4.69) is 56.4 Å². The first kappa shape index (κ1) is 22.4. The molecule has 0 spiro atoms. The third-order valence-corrected chi connectivity index (χ3v) is 5.04. The van der Waals surface area contributed by atoms with Gasteiger partial charge in [0.05, 0.1) is 0 Å². The lowest BCUT2D eigenvalue weighted by Crippen LogP contribution is -2.46. The number of nitrogens with zero attached hydrogens (tertiary/aromatic N) is 4. The molecular formula is C21H38N6O. The van der Waals surface area contributed by atoms with Crippen LogP contribution in [0.2, 0.25) is 0 Å². The van der Waals surface area contributed by atoms with E-state index in [1.165, 1.54) is 12.0 Å². The summed E-state index contributed by atoms with van der Waals surface area (Å²) in [7, 11) is 1.80. The fraction of sp³-hybridized carbons (Fsp3) is 0.714. The molecule has 28 heavy (non-hydrogen) atoms. The Hall–Kier alpha value is -1.86. The van der Waals surface area contributed by atoms with Crippen molar-refractivity contribution in [1.29, 1.82) is 0 Å². The maximum absolute atomic E-state index is 5.59. The minimum atomic E-state index is 0.733. The van der Waals surface area contributed by atoms with Crippen LogP contribution in [-0.2, 0) is 11.3 Å². The van der Waals surface area contributed by atoms with Crippen molar-refractivity contribution in [3.05, 3.63) is 23.9 Å². The quantitative estimate of drug-likeness (QED) is 0.343. The van der Waals surface area contributed by atoms with Gasteiger partial charge in [0.1, 0.15) is 5.82 Å². The number of hydrogen-bond acceptors (Lipinski definition) is 5. The lowest BCUT2D eigenvalue weighted by Gasteiger charge is -2.34. The van der Waals surface area contributed by atoms with E-state index in [0.29, 0.717) is 0 Å². The van der Waals surface area contributed by atoms with E-state index in [0.717, 1.165) is 83.6 Å². The highest BCUT2D eigenvalue weighted by atomic mass is 16.5. The van der Waals surface area contributed by atoms with Crippen molar-refractivity contribution in [2.45, 2.75) is 39.7 Å². The van der Waals surface area contributed by atoms with Crippen molar-refractivity contribution in [3.8, 4) is 0 Å². The molecule has 0 amide bonds. The van der Waals surface area contributed by atoms with Gasteiger partial charge in [0.15, 0.2) is 5.96 Å². The number of piperazine rings is 1.